The molecule has 0 aromatic heterocycles. The highest BCUT2D eigenvalue weighted by Gasteiger charge is 2.19. The van der Waals surface area contributed by atoms with Crippen LogP contribution in [0.3, 0.4) is 0 Å². The molecule has 3 aromatic carbocycles. The fourth-order valence-electron chi connectivity index (χ4n) is 2.84. The molecule has 0 saturated heterocycles. The van der Waals surface area contributed by atoms with Crippen LogP contribution in [0.25, 0.3) is 0 Å². The number of ketones is 1. The molecule has 3 rings (SSSR count). The molecular weight excluding hydrogens is 338 g/mol. The highest BCUT2D eigenvalue weighted by atomic mass is 16.3. The molecular formula is C23H21NO3. The van der Waals surface area contributed by atoms with Crippen LogP contribution in [-0.4, -0.2) is 22.8 Å². The zero-order valence-corrected chi connectivity index (χ0v) is 15.0. The maximum Gasteiger partial charge on any atom is 0.251 e. The third kappa shape index (κ3) is 4.49. The Morgan fingerprint density at radius 2 is 1.22 bits per heavy atom. The second-order valence-corrected chi connectivity index (χ2v) is 6.39. The van der Waals surface area contributed by atoms with E-state index < -0.39 is 12.1 Å². The van der Waals surface area contributed by atoms with Gasteiger partial charge >= 0.3 is 0 Å². The van der Waals surface area contributed by atoms with E-state index in [2.05, 4.69) is 5.32 Å². The lowest BCUT2D eigenvalue weighted by atomic mass is 10.0. The topological polar surface area (TPSA) is 66.4 Å². The molecule has 0 spiro atoms. The van der Waals surface area contributed by atoms with E-state index in [0.29, 0.717) is 16.7 Å². The Morgan fingerprint density at radius 3 is 1.81 bits per heavy atom. The average molecular weight is 359 g/mol. The van der Waals surface area contributed by atoms with E-state index in [4.69, 9.17) is 0 Å². The maximum atomic E-state index is 12.4. The minimum Gasteiger partial charge on any atom is -0.386 e. The monoisotopic (exact) mass is 359 g/mol. The largest absolute Gasteiger partial charge is 0.386 e. The molecule has 0 fully saturated rings. The van der Waals surface area contributed by atoms with E-state index in [0.717, 1.165) is 5.56 Å². The van der Waals surface area contributed by atoms with E-state index in [1.54, 1.807) is 43.3 Å². The Bertz CT molecular complexity index is 905. The van der Waals surface area contributed by atoms with Gasteiger partial charge < -0.3 is 10.4 Å². The first-order valence-electron chi connectivity index (χ1n) is 8.80. The first-order chi connectivity index (χ1) is 13.1. The van der Waals surface area contributed by atoms with Crippen molar-refractivity contribution in [3.05, 3.63) is 107 Å². The number of nitrogens with one attached hydrogen (secondary N) is 1. The zero-order chi connectivity index (χ0) is 19.2. The summed E-state index contributed by atoms with van der Waals surface area (Å²) in [5.74, 6) is -0.383. The summed E-state index contributed by atoms with van der Waals surface area (Å²) >= 11 is 0. The van der Waals surface area contributed by atoms with Gasteiger partial charge in [-0.2, -0.15) is 0 Å². The number of carbonyl (C=O) groups is 2. The lowest BCUT2D eigenvalue weighted by Gasteiger charge is -2.20. The molecule has 4 heteroatoms. The third-order valence-corrected chi connectivity index (χ3v) is 4.42. The number of aliphatic hydroxyl groups excluding tert-OH is 1. The quantitative estimate of drug-likeness (QED) is 0.659. The van der Waals surface area contributed by atoms with Crippen molar-refractivity contribution in [2.24, 2.45) is 0 Å². The van der Waals surface area contributed by atoms with Gasteiger partial charge in [-0.1, -0.05) is 72.8 Å². The smallest absolute Gasteiger partial charge is 0.251 e. The molecule has 2 atom stereocenters. The van der Waals surface area contributed by atoms with Gasteiger partial charge in [-0.05, 0) is 24.6 Å². The van der Waals surface area contributed by atoms with Crippen LogP contribution >= 0.6 is 0 Å². The highest BCUT2D eigenvalue weighted by Crippen LogP contribution is 2.17. The highest BCUT2D eigenvalue weighted by molar-refractivity contribution is 6.09. The third-order valence-electron chi connectivity index (χ3n) is 4.42. The first kappa shape index (κ1) is 18.5. The predicted octanol–water partition coefficient (Wildman–Crippen LogP) is 3.77. The Morgan fingerprint density at radius 1 is 0.741 bits per heavy atom. The Balaban J connectivity index is 1.66. The Kier molecular flexibility index (Phi) is 5.79. The molecule has 0 heterocycles. The second kappa shape index (κ2) is 8.43. The molecule has 0 saturated carbocycles. The van der Waals surface area contributed by atoms with Gasteiger partial charge in [-0.3, -0.25) is 9.59 Å². The molecule has 3 aromatic rings. The molecule has 27 heavy (non-hydrogen) atoms. The summed E-state index contributed by atoms with van der Waals surface area (Å²) in [5.41, 5.74) is 2.31. The molecule has 2 unspecified atom stereocenters. The lowest BCUT2D eigenvalue weighted by molar-refractivity contribution is 0.0851. The summed E-state index contributed by atoms with van der Waals surface area (Å²) in [6, 6.07) is 24.3. The minimum absolute atomic E-state index is 0.0876. The molecule has 0 aliphatic rings. The van der Waals surface area contributed by atoms with Crippen LogP contribution in [-0.2, 0) is 0 Å². The zero-order valence-electron chi connectivity index (χ0n) is 15.0. The van der Waals surface area contributed by atoms with Crippen LogP contribution < -0.4 is 5.32 Å². The molecule has 2 N–H and O–H groups in total. The number of carbonyl (C=O) groups excluding carboxylic acids is 2. The van der Waals surface area contributed by atoms with Crippen molar-refractivity contribution in [1.82, 2.24) is 5.32 Å². The fraction of sp³-hybridized carbons (Fsp3) is 0.130. The average Bonchev–Trinajstić information content (AvgIpc) is 2.74. The van der Waals surface area contributed by atoms with Crippen molar-refractivity contribution < 1.29 is 14.7 Å². The molecule has 136 valence electrons. The number of hydrogen-bond acceptors (Lipinski definition) is 3. The van der Waals surface area contributed by atoms with Crippen molar-refractivity contribution in [2.45, 2.75) is 19.1 Å². The van der Waals surface area contributed by atoms with Gasteiger partial charge in [0, 0.05) is 16.7 Å². The summed E-state index contributed by atoms with van der Waals surface area (Å²) < 4.78 is 0. The lowest BCUT2D eigenvalue weighted by Crippen LogP contribution is -2.37. The van der Waals surface area contributed by atoms with Crippen LogP contribution in [0.1, 0.15) is 44.9 Å². The summed E-state index contributed by atoms with van der Waals surface area (Å²) in [5, 5.41) is 13.2. The van der Waals surface area contributed by atoms with Gasteiger partial charge in [0.25, 0.3) is 5.91 Å². The normalized spacial score (nSPS) is 12.8. The van der Waals surface area contributed by atoms with Crippen molar-refractivity contribution in [3.63, 3.8) is 0 Å². The first-order valence-corrected chi connectivity index (χ1v) is 8.80. The molecule has 0 bridgehead atoms. The van der Waals surface area contributed by atoms with E-state index in [9.17, 15) is 14.7 Å². The predicted molar refractivity (Wildman–Crippen MR) is 105 cm³/mol. The summed E-state index contributed by atoms with van der Waals surface area (Å²) in [6.07, 6.45) is -0.797. The fourth-order valence-corrected chi connectivity index (χ4v) is 2.84. The number of aliphatic hydroxyl groups is 1. The van der Waals surface area contributed by atoms with E-state index in [-0.39, 0.29) is 11.7 Å². The number of hydrogen-bond donors (Lipinski definition) is 2. The van der Waals surface area contributed by atoms with E-state index in [1.165, 1.54) is 0 Å². The van der Waals surface area contributed by atoms with Crippen LogP contribution in [0.15, 0.2) is 84.9 Å². The van der Waals surface area contributed by atoms with Crippen LogP contribution in [0.2, 0.25) is 0 Å². The van der Waals surface area contributed by atoms with E-state index in [1.807, 2.05) is 48.5 Å². The van der Waals surface area contributed by atoms with Crippen molar-refractivity contribution in [2.75, 3.05) is 0 Å². The maximum absolute atomic E-state index is 12.4. The summed E-state index contributed by atoms with van der Waals surface area (Å²) in [6.45, 7) is 1.75. The van der Waals surface area contributed by atoms with Gasteiger partial charge in [0.15, 0.2) is 5.78 Å². The summed E-state index contributed by atoms with van der Waals surface area (Å²) in [4.78, 5) is 24.9. The van der Waals surface area contributed by atoms with Gasteiger partial charge in [-0.15, -0.1) is 0 Å². The molecule has 1 amide bonds. The number of amides is 1. The van der Waals surface area contributed by atoms with Crippen molar-refractivity contribution in [1.29, 1.82) is 0 Å². The van der Waals surface area contributed by atoms with Gasteiger partial charge in [0.05, 0.1) is 12.1 Å². The second-order valence-electron chi connectivity index (χ2n) is 6.39. The molecule has 0 aliphatic carbocycles. The number of benzene rings is 3. The number of rotatable bonds is 6. The van der Waals surface area contributed by atoms with Crippen LogP contribution in [0.4, 0.5) is 0 Å². The molecule has 0 radical (unpaired) electrons. The van der Waals surface area contributed by atoms with Crippen molar-refractivity contribution in [3.8, 4) is 0 Å². The Labute approximate surface area is 158 Å². The SMILES string of the molecule is CC(NC(=O)c1ccc(C(=O)c2ccccc2)cc1)C(O)c1ccccc1. The molecule has 4 nitrogen and oxygen atoms in total. The van der Waals surface area contributed by atoms with Gasteiger partial charge in [-0.25, -0.2) is 0 Å². The molecule has 0 aliphatic heterocycles. The van der Waals surface area contributed by atoms with Gasteiger partial charge in [0.2, 0.25) is 0 Å². The van der Waals surface area contributed by atoms with Crippen LogP contribution in [0.5, 0.6) is 0 Å². The Hall–Kier alpha value is -3.24. The van der Waals surface area contributed by atoms with Crippen molar-refractivity contribution >= 4 is 11.7 Å². The van der Waals surface area contributed by atoms with Gasteiger partial charge in [0.1, 0.15) is 0 Å². The summed E-state index contributed by atoms with van der Waals surface area (Å²) in [7, 11) is 0. The van der Waals surface area contributed by atoms with E-state index >= 15 is 0 Å². The minimum atomic E-state index is -0.797. The van der Waals surface area contributed by atoms with Crippen LogP contribution in [0, 0.1) is 0 Å². The standard InChI is InChI=1S/C23H21NO3/c1-16(21(25)17-8-4-2-5-9-17)24-23(27)20-14-12-19(13-15-20)22(26)18-10-6-3-7-11-18/h2-16,21,25H,1H3,(H,24,27).